The van der Waals surface area contributed by atoms with E-state index in [-0.39, 0.29) is 23.5 Å². The van der Waals surface area contributed by atoms with E-state index in [4.69, 9.17) is 11.6 Å². The largest absolute Gasteiger partial charge is 0.491 e. The highest BCUT2D eigenvalue weighted by Crippen LogP contribution is 2.30. The van der Waals surface area contributed by atoms with Gasteiger partial charge >= 0.3 is 12.1 Å². The maximum Gasteiger partial charge on any atom is 0.491 e. The number of pyridine rings is 1. The Balaban J connectivity index is 1.73. The molecule has 0 fully saturated rings. The fourth-order valence-corrected chi connectivity index (χ4v) is 3.85. The Hall–Kier alpha value is -4.45. The van der Waals surface area contributed by atoms with Crippen LogP contribution in [-0.4, -0.2) is 52.5 Å². The Morgan fingerprint density at radius 3 is 2.29 bits per heavy atom. The van der Waals surface area contributed by atoms with E-state index in [9.17, 15) is 32.3 Å². The van der Waals surface area contributed by atoms with E-state index in [1.54, 1.807) is 6.07 Å². The van der Waals surface area contributed by atoms with Crippen LogP contribution in [0.4, 0.5) is 24.5 Å². The van der Waals surface area contributed by atoms with E-state index in [0.29, 0.717) is 15.5 Å². The molecule has 0 saturated heterocycles. The van der Waals surface area contributed by atoms with Crippen molar-refractivity contribution in [3.63, 3.8) is 0 Å². The van der Waals surface area contributed by atoms with Crippen molar-refractivity contribution in [3.05, 3.63) is 89.2 Å². The average molecular weight is 547 g/mol. The Kier molecular flexibility index (Phi) is 7.62. The van der Waals surface area contributed by atoms with Crippen LogP contribution in [-0.2, 0) is 25.7 Å². The Bertz CT molecular complexity index is 1370. The highest BCUT2D eigenvalue weighted by molar-refractivity contribution is 6.30. The SMILES string of the molecule is O=C(Nc1ccncc1)C(OC(=O)C(F)(F)F)N1C(=O)CN(C(=O)c2ccc(Cl)cc2)Cc2ccccc21. The van der Waals surface area contributed by atoms with Crippen LogP contribution < -0.4 is 10.2 Å². The summed E-state index contributed by atoms with van der Waals surface area (Å²) in [5.74, 6) is -5.41. The molecule has 9 nitrogen and oxygen atoms in total. The lowest BCUT2D eigenvalue weighted by atomic mass is 10.1. The molecule has 3 aromatic rings. The van der Waals surface area contributed by atoms with Gasteiger partial charge in [0.1, 0.15) is 6.54 Å². The van der Waals surface area contributed by atoms with Crippen molar-refractivity contribution in [2.75, 3.05) is 16.8 Å². The first kappa shape index (κ1) is 26.6. The number of anilines is 2. The van der Waals surface area contributed by atoms with E-state index in [0.717, 1.165) is 4.90 Å². The maximum atomic E-state index is 13.5. The molecule has 0 bridgehead atoms. The second kappa shape index (κ2) is 10.9. The summed E-state index contributed by atoms with van der Waals surface area (Å²) in [6, 6.07) is 14.6. The first-order chi connectivity index (χ1) is 18.0. The minimum absolute atomic E-state index is 0.00578. The number of ether oxygens (including phenoxy) is 1. The molecule has 2 heterocycles. The number of halogens is 4. The minimum Gasteiger partial charge on any atom is -0.425 e. The second-order valence-corrected chi connectivity index (χ2v) is 8.48. The normalized spacial score (nSPS) is 14.3. The van der Waals surface area contributed by atoms with Crippen LogP contribution in [0.5, 0.6) is 0 Å². The molecule has 1 aliphatic heterocycles. The standard InChI is InChI=1S/C25H18ClF3N4O5/c26-17-7-5-15(6-8-17)22(36)32-13-16-3-1-2-4-19(16)33(20(34)14-32)23(38-24(37)25(27,28)29)21(35)31-18-9-11-30-12-10-18/h1-12,23H,13-14H2,(H,30,31,35). The van der Waals surface area contributed by atoms with Gasteiger partial charge in [0.2, 0.25) is 5.91 Å². The molecule has 0 spiro atoms. The van der Waals surface area contributed by atoms with Crippen LogP contribution in [0.2, 0.25) is 5.02 Å². The summed E-state index contributed by atoms with van der Waals surface area (Å²) in [4.78, 5) is 57.2. The molecule has 1 atom stereocenters. The summed E-state index contributed by atoms with van der Waals surface area (Å²) in [5.41, 5.74) is 0.663. The Morgan fingerprint density at radius 2 is 1.63 bits per heavy atom. The van der Waals surface area contributed by atoms with E-state index in [1.807, 2.05) is 0 Å². The number of alkyl halides is 3. The van der Waals surface area contributed by atoms with Crippen LogP contribution >= 0.6 is 11.6 Å². The molecule has 0 radical (unpaired) electrons. The zero-order chi connectivity index (χ0) is 27.4. The lowest BCUT2D eigenvalue weighted by Crippen LogP contribution is -2.53. The van der Waals surface area contributed by atoms with Crippen molar-refractivity contribution in [1.29, 1.82) is 0 Å². The molecule has 1 aromatic heterocycles. The number of benzene rings is 2. The molecule has 0 aliphatic carbocycles. The number of hydrogen-bond donors (Lipinski definition) is 1. The smallest absolute Gasteiger partial charge is 0.425 e. The molecule has 4 rings (SSSR count). The van der Waals surface area contributed by atoms with Gasteiger partial charge in [-0.25, -0.2) is 4.79 Å². The van der Waals surface area contributed by atoms with Gasteiger partial charge in [0.05, 0.1) is 5.69 Å². The van der Waals surface area contributed by atoms with Crippen LogP contribution in [0.15, 0.2) is 73.1 Å². The number of carbonyl (C=O) groups is 4. The zero-order valence-electron chi connectivity index (χ0n) is 19.3. The molecule has 3 amide bonds. The highest BCUT2D eigenvalue weighted by Gasteiger charge is 2.47. The van der Waals surface area contributed by atoms with Gasteiger partial charge in [0.25, 0.3) is 18.0 Å². The van der Waals surface area contributed by atoms with Gasteiger partial charge in [-0.05, 0) is 48.0 Å². The fourth-order valence-electron chi connectivity index (χ4n) is 3.72. The van der Waals surface area contributed by atoms with Gasteiger partial charge in [-0.1, -0.05) is 29.8 Å². The van der Waals surface area contributed by atoms with Gasteiger partial charge in [-0.3, -0.25) is 24.3 Å². The number of amides is 3. The average Bonchev–Trinajstić information content (AvgIpc) is 3.03. The summed E-state index contributed by atoms with van der Waals surface area (Å²) >= 11 is 5.89. The van der Waals surface area contributed by atoms with Crippen molar-refractivity contribution >= 4 is 46.7 Å². The number of hydrogen-bond acceptors (Lipinski definition) is 6. The fraction of sp³-hybridized carbons (Fsp3) is 0.160. The van der Waals surface area contributed by atoms with Crippen molar-refractivity contribution < 1.29 is 37.1 Å². The molecule has 1 unspecified atom stereocenters. The van der Waals surface area contributed by atoms with Crippen LogP contribution in [0, 0.1) is 0 Å². The van der Waals surface area contributed by atoms with E-state index < -0.39 is 42.6 Å². The lowest BCUT2D eigenvalue weighted by Gasteiger charge is -2.30. The third-order valence-electron chi connectivity index (χ3n) is 5.44. The minimum atomic E-state index is -5.44. The van der Waals surface area contributed by atoms with Gasteiger partial charge in [-0.2, -0.15) is 13.2 Å². The number of aromatic nitrogens is 1. The number of esters is 1. The molecular formula is C25H18ClF3N4O5. The summed E-state index contributed by atoms with van der Waals surface area (Å²) in [7, 11) is 0. The van der Waals surface area contributed by atoms with Gasteiger partial charge in [0.15, 0.2) is 0 Å². The number of para-hydroxylation sites is 1. The zero-order valence-corrected chi connectivity index (χ0v) is 20.1. The molecule has 196 valence electrons. The number of carbonyl (C=O) groups excluding carboxylic acids is 4. The third-order valence-corrected chi connectivity index (χ3v) is 5.69. The van der Waals surface area contributed by atoms with Gasteiger partial charge < -0.3 is 15.0 Å². The number of fused-ring (bicyclic) bond motifs is 1. The predicted octanol–water partition coefficient (Wildman–Crippen LogP) is 3.79. The monoisotopic (exact) mass is 546 g/mol. The number of rotatable bonds is 5. The predicted molar refractivity (Wildman–Crippen MR) is 129 cm³/mol. The number of nitrogens with one attached hydrogen (secondary N) is 1. The van der Waals surface area contributed by atoms with Crippen LogP contribution in [0.1, 0.15) is 15.9 Å². The Labute approximate surface area is 218 Å². The molecule has 1 aliphatic rings. The third kappa shape index (κ3) is 5.92. The van der Waals surface area contributed by atoms with Crippen molar-refractivity contribution in [1.82, 2.24) is 9.88 Å². The summed E-state index contributed by atoms with van der Waals surface area (Å²) < 4.78 is 44.0. The molecule has 2 aromatic carbocycles. The molecule has 0 saturated carbocycles. The lowest BCUT2D eigenvalue weighted by molar-refractivity contribution is -0.204. The topological polar surface area (TPSA) is 109 Å². The highest BCUT2D eigenvalue weighted by atomic mass is 35.5. The van der Waals surface area contributed by atoms with Gasteiger partial charge in [0, 0.05) is 35.2 Å². The van der Waals surface area contributed by atoms with E-state index in [2.05, 4.69) is 15.0 Å². The second-order valence-electron chi connectivity index (χ2n) is 8.04. The summed E-state index contributed by atoms with van der Waals surface area (Å²) in [6.07, 6.45) is -5.16. The van der Waals surface area contributed by atoms with Crippen LogP contribution in [0.3, 0.4) is 0 Å². The molecule has 38 heavy (non-hydrogen) atoms. The Morgan fingerprint density at radius 1 is 0.974 bits per heavy atom. The molecule has 1 N–H and O–H groups in total. The van der Waals surface area contributed by atoms with E-state index in [1.165, 1.54) is 67.0 Å². The quantitative estimate of drug-likeness (QED) is 0.488. The first-order valence-electron chi connectivity index (χ1n) is 11.0. The van der Waals surface area contributed by atoms with E-state index >= 15 is 0 Å². The van der Waals surface area contributed by atoms with Crippen molar-refractivity contribution in [2.24, 2.45) is 0 Å². The first-order valence-corrected chi connectivity index (χ1v) is 11.4. The maximum absolute atomic E-state index is 13.5. The number of nitrogens with zero attached hydrogens (tertiary/aromatic N) is 3. The van der Waals surface area contributed by atoms with Gasteiger partial charge in [-0.15, -0.1) is 0 Å². The van der Waals surface area contributed by atoms with Crippen molar-refractivity contribution in [3.8, 4) is 0 Å². The van der Waals surface area contributed by atoms with Crippen molar-refractivity contribution in [2.45, 2.75) is 18.9 Å². The molecular weight excluding hydrogens is 529 g/mol. The summed E-state index contributed by atoms with van der Waals surface area (Å²) in [5, 5.41) is 2.71. The molecule has 13 heteroatoms. The van der Waals surface area contributed by atoms with Crippen LogP contribution in [0.25, 0.3) is 0 Å². The summed E-state index contributed by atoms with van der Waals surface area (Å²) in [6.45, 7) is -0.746.